The molecule has 0 aliphatic heterocycles. The molecule has 16 heavy (non-hydrogen) atoms. The van der Waals surface area contributed by atoms with Crippen LogP contribution >= 0.6 is 0 Å². The van der Waals surface area contributed by atoms with Crippen LogP contribution in [-0.4, -0.2) is 48.8 Å². The number of carbonyl (C=O) groups is 1. The van der Waals surface area contributed by atoms with Gasteiger partial charge in [-0.25, -0.2) is 0 Å². The van der Waals surface area contributed by atoms with Gasteiger partial charge in [-0.05, 0) is 45.6 Å². The standard InChI is InChI=1S/C12H23NO3/c1-3-16-12(15)8-13(2)11-6-4-10(9-14)5-7-11/h10-11,14H,3-9H2,1-2H3. The first-order chi connectivity index (χ1) is 7.67. The van der Waals surface area contributed by atoms with Crippen LogP contribution in [0.3, 0.4) is 0 Å². The molecule has 0 radical (unpaired) electrons. The van der Waals surface area contributed by atoms with Crippen LogP contribution in [0.2, 0.25) is 0 Å². The Morgan fingerprint density at radius 1 is 1.38 bits per heavy atom. The van der Waals surface area contributed by atoms with E-state index >= 15 is 0 Å². The SMILES string of the molecule is CCOC(=O)CN(C)C1CCC(CO)CC1. The Kier molecular flexibility index (Phi) is 5.77. The monoisotopic (exact) mass is 229 g/mol. The molecule has 0 unspecified atom stereocenters. The number of aliphatic hydroxyl groups is 1. The third kappa shape index (κ3) is 4.10. The Morgan fingerprint density at radius 3 is 2.50 bits per heavy atom. The number of hydrogen-bond donors (Lipinski definition) is 1. The van der Waals surface area contributed by atoms with Crippen LogP contribution in [0.4, 0.5) is 0 Å². The van der Waals surface area contributed by atoms with Gasteiger partial charge in [0.1, 0.15) is 0 Å². The lowest BCUT2D eigenvalue weighted by atomic mass is 9.86. The molecule has 1 saturated carbocycles. The molecule has 1 aliphatic rings. The molecule has 0 aromatic carbocycles. The summed E-state index contributed by atoms with van der Waals surface area (Å²) in [6.45, 7) is 2.95. The number of rotatable bonds is 5. The molecule has 0 aromatic rings. The Morgan fingerprint density at radius 2 is 2.00 bits per heavy atom. The largest absolute Gasteiger partial charge is 0.465 e. The zero-order valence-corrected chi connectivity index (χ0v) is 10.3. The summed E-state index contributed by atoms with van der Waals surface area (Å²) in [4.78, 5) is 13.4. The molecule has 0 spiro atoms. The maximum Gasteiger partial charge on any atom is 0.320 e. The van der Waals surface area contributed by atoms with Crippen molar-refractivity contribution < 1.29 is 14.6 Å². The number of aliphatic hydroxyl groups excluding tert-OH is 1. The minimum Gasteiger partial charge on any atom is -0.465 e. The maximum absolute atomic E-state index is 11.3. The van der Waals surface area contributed by atoms with E-state index in [9.17, 15) is 4.79 Å². The van der Waals surface area contributed by atoms with E-state index in [0.717, 1.165) is 25.7 Å². The van der Waals surface area contributed by atoms with E-state index in [0.29, 0.717) is 31.7 Å². The lowest BCUT2D eigenvalue weighted by molar-refractivity contribution is -0.144. The zero-order valence-electron chi connectivity index (χ0n) is 10.3. The van der Waals surface area contributed by atoms with Crippen molar-refractivity contribution >= 4 is 5.97 Å². The van der Waals surface area contributed by atoms with Crippen molar-refractivity contribution in [2.24, 2.45) is 5.92 Å². The number of carbonyl (C=O) groups excluding carboxylic acids is 1. The number of nitrogens with zero attached hydrogens (tertiary/aromatic N) is 1. The van der Waals surface area contributed by atoms with Crippen LogP contribution in [0.5, 0.6) is 0 Å². The Bertz CT molecular complexity index is 212. The molecule has 0 saturated heterocycles. The van der Waals surface area contributed by atoms with Gasteiger partial charge >= 0.3 is 5.97 Å². The fraction of sp³-hybridized carbons (Fsp3) is 0.917. The summed E-state index contributed by atoms with van der Waals surface area (Å²) in [5.41, 5.74) is 0. The molecule has 4 nitrogen and oxygen atoms in total. The number of esters is 1. The molecule has 0 heterocycles. The van der Waals surface area contributed by atoms with Crippen molar-refractivity contribution in [3.05, 3.63) is 0 Å². The van der Waals surface area contributed by atoms with Crippen molar-refractivity contribution in [3.8, 4) is 0 Å². The molecule has 1 fully saturated rings. The summed E-state index contributed by atoms with van der Waals surface area (Å²) >= 11 is 0. The minimum absolute atomic E-state index is 0.144. The second-order valence-corrected chi connectivity index (χ2v) is 4.58. The molecular weight excluding hydrogens is 206 g/mol. The van der Waals surface area contributed by atoms with Gasteiger partial charge in [0.05, 0.1) is 13.2 Å². The Labute approximate surface area is 97.6 Å². The van der Waals surface area contributed by atoms with E-state index in [-0.39, 0.29) is 5.97 Å². The zero-order chi connectivity index (χ0) is 12.0. The lowest BCUT2D eigenvalue weighted by Gasteiger charge is -2.33. The van der Waals surface area contributed by atoms with Gasteiger partial charge in [0.15, 0.2) is 0 Å². The predicted octanol–water partition coefficient (Wildman–Crippen LogP) is 1.03. The molecule has 4 heteroatoms. The first kappa shape index (κ1) is 13.5. The Balaban J connectivity index is 2.27. The van der Waals surface area contributed by atoms with Crippen molar-refractivity contribution in [2.45, 2.75) is 38.6 Å². The van der Waals surface area contributed by atoms with Crippen molar-refractivity contribution in [2.75, 3.05) is 26.8 Å². The highest BCUT2D eigenvalue weighted by molar-refractivity contribution is 5.71. The van der Waals surface area contributed by atoms with Gasteiger partial charge in [0.25, 0.3) is 0 Å². The molecule has 0 amide bonds. The first-order valence-electron chi connectivity index (χ1n) is 6.14. The summed E-state index contributed by atoms with van der Waals surface area (Å²) in [5, 5.41) is 9.04. The number of likely N-dealkylation sites (N-methyl/N-ethyl adjacent to an activating group) is 1. The van der Waals surface area contributed by atoms with Crippen molar-refractivity contribution in [1.29, 1.82) is 0 Å². The first-order valence-corrected chi connectivity index (χ1v) is 6.14. The molecular formula is C12H23NO3. The van der Waals surface area contributed by atoms with Gasteiger partial charge in [-0.3, -0.25) is 9.69 Å². The van der Waals surface area contributed by atoms with E-state index in [1.807, 2.05) is 14.0 Å². The van der Waals surface area contributed by atoms with Gasteiger partial charge in [-0.15, -0.1) is 0 Å². The average molecular weight is 229 g/mol. The lowest BCUT2D eigenvalue weighted by Crippen LogP contribution is -2.39. The average Bonchev–Trinajstić information content (AvgIpc) is 2.29. The predicted molar refractivity (Wildman–Crippen MR) is 62.1 cm³/mol. The summed E-state index contributed by atoms with van der Waals surface area (Å²) in [5.74, 6) is 0.321. The number of hydrogen-bond acceptors (Lipinski definition) is 4. The number of ether oxygens (including phenoxy) is 1. The topological polar surface area (TPSA) is 49.8 Å². The fourth-order valence-corrected chi connectivity index (χ4v) is 2.31. The van der Waals surface area contributed by atoms with Crippen LogP contribution < -0.4 is 0 Å². The van der Waals surface area contributed by atoms with Crippen LogP contribution in [-0.2, 0) is 9.53 Å². The second-order valence-electron chi connectivity index (χ2n) is 4.58. The van der Waals surface area contributed by atoms with Gasteiger partial charge in [0.2, 0.25) is 0 Å². The summed E-state index contributed by atoms with van der Waals surface area (Å²) < 4.78 is 4.93. The van der Waals surface area contributed by atoms with Gasteiger partial charge in [-0.1, -0.05) is 0 Å². The molecule has 0 atom stereocenters. The third-order valence-corrected chi connectivity index (χ3v) is 3.38. The smallest absolute Gasteiger partial charge is 0.320 e. The van der Waals surface area contributed by atoms with Crippen LogP contribution in [0.25, 0.3) is 0 Å². The van der Waals surface area contributed by atoms with Crippen LogP contribution in [0.15, 0.2) is 0 Å². The highest BCUT2D eigenvalue weighted by atomic mass is 16.5. The van der Waals surface area contributed by atoms with Gasteiger partial charge < -0.3 is 9.84 Å². The van der Waals surface area contributed by atoms with Crippen molar-refractivity contribution in [1.82, 2.24) is 4.90 Å². The van der Waals surface area contributed by atoms with E-state index in [4.69, 9.17) is 9.84 Å². The molecule has 1 N–H and O–H groups in total. The molecule has 1 rings (SSSR count). The van der Waals surface area contributed by atoms with E-state index in [1.54, 1.807) is 0 Å². The van der Waals surface area contributed by atoms with E-state index in [1.165, 1.54) is 0 Å². The minimum atomic E-state index is -0.144. The molecule has 1 aliphatic carbocycles. The third-order valence-electron chi connectivity index (χ3n) is 3.38. The maximum atomic E-state index is 11.3. The molecule has 0 aromatic heterocycles. The quantitative estimate of drug-likeness (QED) is 0.715. The van der Waals surface area contributed by atoms with Crippen LogP contribution in [0, 0.1) is 5.92 Å². The summed E-state index contributed by atoms with van der Waals surface area (Å²) in [6.07, 6.45) is 4.27. The fourth-order valence-electron chi connectivity index (χ4n) is 2.31. The molecule has 94 valence electrons. The van der Waals surface area contributed by atoms with E-state index in [2.05, 4.69) is 4.90 Å². The van der Waals surface area contributed by atoms with Crippen LogP contribution in [0.1, 0.15) is 32.6 Å². The second kappa shape index (κ2) is 6.86. The summed E-state index contributed by atoms with van der Waals surface area (Å²) in [7, 11) is 1.97. The summed E-state index contributed by atoms with van der Waals surface area (Å²) in [6, 6.07) is 0.465. The van der Waals surface area contributed by atoms with Gasteiger partial charge in [-0.2, -0.15) is 0 Å². The highest BCUT2D eigenvalue weighted by Gasteiger charge is 2.24. The normalized spacial score (nSPS) is 25.8. The van der Waals surface area contributed by atoms with Gasteiger partial charge in [0, 0.05) is 12.6 Å². The highest BCUT2D eigenvalue weighted by Crippen LogP contribution is 2.26. The van der Waals surface area contributed by atoms with E-state index < -0.39 is 0 Å². The molecule has 0 bridgehead atoms. The Hall–Kier alpha value is -0.610. The van der Waals surface area contributed by atoms with Crippen molar-refractivity contribution in [3.63, 3.8) is 0 Å².